The van der Waals surface area contributed by atoms with Gasteiger partial charge in [0.2, 0.25) is 0 Å². The maximum Gasteiger partial charge on any atom is 2.00 e. The molecule has 0 unspecified atom stereocenters. The average molecular weight is 377 g/mol. The summed E-state index contributed by atoms with van der Waals surface area (Å²) in [6, 6.07) is 21.0. The summed E-state index contributed by atoms with van der Waals surface area (Å²) in [6.07, 6.45) is 0. The van der Waals surface area contributed by atoms with Crippen molar-refractivity contribution >= 4 is 31.9 Å². The molecule has 0 radical (unpaired) electrons. The molecule has 72 valence electrons. The fourth-order valence-corrected chi connectivity index (χ4v) is 1.26. The Bertz CT molecular complexity index is 311. The Kier molecular flexibility index (Phi) is 9.28. The van der Waals surface area contributed by atoms with Crippen molar-refractivity contribution in [2.45, 2.75) is 0 Å². The van der Waals surface area contributed by atoms with Crippen LogP contribution in [0.4, 0.5) is 0 Å². The summed E-state index contributed by atoms with van der Waals surface area (Å²) in [4.78, 5) is 0. The topological polar surface area (TPSA) is 0 Å². The van der Waals surface area contributed by atoms with Gasteiger partial charge in [0, 0.05) is 0 Å². The van der Waals surface area contributed by atoms with Crippen LogP contribution in [0.3, 0.4) is 0 Å². The van der Waals surface area contributed by atoms with E-state index in [0.29, 0.717) is 0 Å². The molecule has 3 heteroatoms. The second-order valence-corrected chi connectivity index (χ2v) is 4.27. The van der Waals surface area contributed by atoms with E-state index in [-0.39, 0.29) is 19.5 Å². The molecule has 0 aromatic heterocycles. The maximum absolute atomic E-state index is 3.29. The maximum atomic E-state index is 3.29. The van der Waals surface area contributed by atoms with E-state index in [2.05, 4.69) is 44.0 Å². The third kappa shape index (κ3) is 7.90. The number of rotatable bonds is 0. The molecule has 2 aromatic carbocycles. The van der Waals surface area contributed by atoms with Gasteiger partial charge in [-0.2, -0.15) is 60.7 Å². The first kappa shape index (κ1) is 15.0. The minimum Gasteiger partial charge on any atom is -0.184 e. The Morgan fingerprint density at radius 2 is 0.933 bits per heavy atom. The van der Waals surface area contributed by atoms with E-state index in [1.54, 1.807) is 0 Å². The van der Waals surface area contributed by atoms with Crippen LogP contribution in [0.5, 0.6) is 0 Å². The van der Waals surface area contributed by atoms with Gasteiger partial charge in [-0.15, -0.1) is 0 Å². The van der Waals surface area contributed by atoms with Crippen molar-refractivity contribution in [3.05, 3.63) is 69.6 Å². The Labute approximate surface area is 120 Å². The van der Waals surface area contributed by atoms with Gasteiger partial charge >= 0.3 is 19.5 Å². The largest absolute Gasteiger partial charge is 2.00 e. The third-order valence-corrected chi connectivity index (χ3v) is 2.41. The molecule has 0 spiro atoms. The molecular formula is C12H8Br2Zn. The molecule has 15 heavy (non-hydrogen) atoms. The summed E-state index contributed by atoms with van der Waals surface area (Å²) in [5, 5.41) is 0. The van der Waals surface area contributed by atoms with E-state index in [1.165, 1.54) is 0 Å². The van der Waals surface area contributed by atoms with Crippen molar-refractivity contribution in [2.75, 3.05) is 0 Å². The molecule has 0 heterocycles. The summed E-state index contributed by atoms with van der Waals surface area (Å²) in [5.74, 6) is 0. The van der Waals surface area contributed by atoms with Gasteiger partial charge in [0.15, 0.2) is 0 Å². The summed E-state index contributed by atoms with van der Waals surface area (Å²) >= 11 is 6.58. The number of hydrogen-bond acceptors (Lipinski definition) is 0. The van der Waals surface area contributed by atoms with Crippen molar-refractivity contribution in [1.82, 2.24) is 0 Å². The SMILES string of the molecule is Brc1cc[c-]cc1.Brc1cc[c-]cc1.[Zn+2]. The Morgan fingerprint density at radius 3 is 1.07 bits per heavy atom. The molecule has 0 aliphatic rings. The van der Waals surface area contributed by atoms with Gasteiger partial charge < -0.3 is 0 Å². The molecule has 2 rings (SSSR count). The van der Waals surface area contributed by atoms with Crippen LogP contribution in [-0.2, 0) is 19.5 Å². The minimum atomic E-state index is 0. The van der Waals surface area contributed by atoms with Crippen LogP contribution in [0, 0.1) is 12.1 Å². The van der Waals surface area contributed by atoms with E-state index in [1.807, 2.05) is 48.5 Å². The molecule has 0 saturated heterocycles. The van der Waals surface area contributed by atoms with E-state index in [0.717, 1.165) is 8.95 Å². The molecule has 0 aliphatic heterocycles. The first-order valence-electron chi connectivity index (χ1n) is 4.02. The first-order chi connectivity index (χ1) is 6.79. The summed E-state index contributed by atoms with van der Waals surface area (Å²) in [6.45, 7) is 0. The molecule has 2 aromatic rings. The van der Waals surface area contributed by atoms with Gasteiger partial charge in [0.05, 0.1) is 0 Å². The van der Waals surface area contributed by atoms with Crippen molar-refractivity contribution < 1.29 is 19.5 Å². The van der Waals surface area contributed by atoms with Crippen LogP contribution in [0.15, 0.2) is 57.5 Å². The summed E-state index contributed by atoms with van der Waals surface area (Å²) < 4.78 is 2.21. The monoisotopic (exact) mass is 374 g/mol. The molecular weight excluding hydrogens is 369 g/mol. The molecule has 0 nitrogen and oxygen atoms in total. The minimum absolute atomic E-state index is 0. The number of halogens is 2. The quantitative estimate of drug-likeness (QED) is 0.469. The van der Waals surface area contributed by atoms with Crippen molar-refractivity contribution in [2.24, 2.45) is 0 Å². The fourth-order valence-electron chi connectivity index (χ4n) is 0.733. The molecule has 0 atom stereocenters. The zero-order chi connectivity index (χ0) is 10.2. The average Bonchev–Trinajstić information content (AvgIpc) is 2.21. The fraction of sp³-hybridized carbons (Fsp3) is 0. The standard InChI is InChI=1S/2C6H4Br.Zn/c2*7-6-4-2-1-3-5-6;/h2*2-5H;/q2*-1;+2. The molecule has 0 amide bonds. The van der Waals surface area contributed by atoms with Gasteiger partial charge in [-0.05, 0) is 0 Å². The summed E-state index contributed by atoms with van der Waals surface area (Å²) in [7, 11) is 0. The van der Waals surface area contributed by atoms with Crippen LogP contribution in [0.2, 0.25) is 0 Å². The van der Waals surface area contributed by atoms with E-state index in [4.69, 9.17) is 0 Å². The van der Waals surface area contributed by atoms with E-state index in [9.17, 15) is 0 Å². The van der Waals surface area contributed by atoms with Gasteiger partial charge in [-0.3, -0.25) is 0 Å². The molecule has 0 bridgehead atoms. The molecule has 0 aliphatic carbocycles. The number of hydrogen-bond donors (Lipinski definition) is 0. The van der Waals surface area contributed by atoms with E-state index >= 15 is 0 Å². The van der Waals surface area contributed by atoms with E-state index < -0.39 is 0 Å². The van der Waals surface area contributed by atoms with Crippen molar-refractivity contribution in [1.29, 1.82) is 0 Å². The summed E-state index contributed by atoms with van der Waals surface area (Å²) in [5.41, 5.74) is 0. The zero-order valence-corrected chi connectivity index (χ0v) is 14.2. The number of benzene rings is 2. The molecule has 0 N–H and O–H groups in total. The first-order valence-corrected chi connectivity index (χ1v) is 5.61. The molecule has 0 fully saturated rings. The van der Waals surface area contributed by atoms with Crippen LogP contribution in [0.25, 0.3) is 0 Å². The van der Waals surface area contributed by atoms with Gasteiger partial charge in [0.1, 0.15) is 0 Å². The zero-order valence-electron chi connectivity index (χ0n) is 8.08. The normalized spacial score (nSPS) is 8.13. The van der Waals surface area contributed by atoms with Crippen molar-refractivity contribution in [3.8, 4) is 0 Å². The van der Waals surface area contributed by atoms with Gasteiger partial charge in [0.25, 0.3) is 0 Å². The van der Waals surface area contributed by atoms with Crippen LogP contribution >= 0.6 is 31.9 Å². The Balaban J connectivity index is 0.000000245. The van der Waals surface area contributed by atoms with Crippen molar-refractivity contribution in [3.63, 3.8) is 0 Å². The smallest absolute Gasteiger partial charge is 0.184 e. The molecule has 0 saturated carbocycles. The predicted octanol–water partition coefficient (Wildman–Crippen LogP) is 4.50. The third-order valence-electron chi connectivity index (χ3n) is 1.36. The second kappa shape index (κ2) is 9.26. The Hall–Kier alpha value is 0.0234. The second-order valence-electron chi connectivity index (χ2n) is 2.44. The predicted molar refractivity (Wildman–Crippen MR) is 66.0 cm³/mol. The van der Waals surface area contributed by atoms with Gasteiger partial charge in [-0.1, -0.05) is 40.8 Å². The van der Waals surface area contributed by atoms with Crippen LogP contribution < -0.4 is 0 Å². The van der Waals surface area contributed by atoms with Crippen LogP contribution in [-0.4, -0.2) is 0 Å². The Morgan fingerprint density at radius 1 is 0.667 bits per heavy atom. The van der Waals surface area contributed by atoms with Crippen LogP contribution in [0.1, 0.15) is 0 Å². The van der Waals surface area contributed by atoms with Gasteiger partial charge in [-0.25, -0.2) is 0 Å².